The number of hydrogen-bond donors (Lipinski definition) is 3. The topological polar surface area (TPSA) is 104 Å². The maximum absolute atomic E-state index is 12.1. The summed E-state index contributed by atoms with van der Waals surface area (Å²) in [5, 5.41) is 5.34. The predicted octanol–water partition coefficient (Wildman–Crippen LogP) is 1.46. The molecule has 0 atom stereocenters. The van der Waals surface area contributed by atoms with Gasteiger partial charge >= 0.3 is 0 Å². The van der Waals surface area contributed by atoms with E-state index in [0.717, 1.165) is 17.5 Å². The van der Waals surface area contributed by atoms with Crippen molar-refractivity contribution in [2.45, 2.75) is 6.54 Å². The number of imide groups is 1. The van der Waals surface area contributed by atoms with E-state index in [-0.39, 0.29) is 6.54 Å². The van der Waals surface area contributed by atoms with Gasteiger partial charge in [0.15, 0.2) is 0 Å². The lowest BCUT2D eigenvalue weighted by atomic mass is 9.96. The summed E-state index contributed by atoms with van der Waals surface area (Å²) in [6.45, 7) is 0.206. The largest absolute Gasteiger partial charge is 0.361 e. The third kappa shape index (κ3) is 4.16. The molecular weight excluding hydrogens is 354 g/mol. The smallest absolute Gasteiger partial charge is 0.260 e. The Bertz CT molecular complexity index is 995. The van der Waals surface area contributed by atoms with Crippen molar-refractivity contribution in [1.29, 1.82) is 0 Å². The summed E-state index contributed by atoms with van der Waals surface area (Å²) in [6.07, 6.45) is 2.65. The Morgan fingerprint density at radius 1 is 0.962 bits per heavy atom. The average Bonchev–Trinajstić information content (AvgIpc) is 2.60. The summed E-state index contributed by atoms with van der Waals surface area (Å²) in [5.74, 6) is -0.874. The first-order chi connectivity index (χ1) is 12.3. The minimum Gasteiger partial charge on any atom is -0.361 e. The maximum atomic E-state index is 12.1. The van der Waals surface area contributed by atoms with Crippen LogP contribution in [0, 0.1) is 0 Å². The molecule has 0 saturated heterocycles. The highest BCUT2D eigenvalue weighted by atomic mass is 32.2. The Hall–Kier alpha value is -2.97. The fourth-order valence-electron chi connectivity index (χ4n) is 2.51. The van der Waals surface area contributed by atoms with Crippen LogP contribution in [0.4, 0.5) is 5.69 Å². The van der Waals surface area contributed by atoms with Crippen molar-refractivity contribution in [2.75, 3.05) is 11.6 Å². The van der Waals surface area contributed by atoms with E-state index in [9.17, 15) is 18.0 Å². The van der Waals surface area contributed by atoms with Gasteiger partial charge in [-0.15, -0.1) is 0 Å². The molecule has 0 aliphatic carbocycles. The number of hydrogen-bond acceptors (Lipinski definition) is 5. The van der Waals surface area contributed by atoms with Crippen molar-refractivity contribution >= 4 is 33.1 Å². The number of carbonyl (C=O) groups is 2. The Labute approximate surface area is 151 Å². The molecule has 0 saturated carbocycles. The molecule has 2 aromatic carbocycles. The molecule has 8 heteroatoms. The van der Waals surface area contributed by atoms with Gasteiger partial charge in [0.05, 0.1) is 11.8 Å². The molecule has 1 aliphatic heterocycles. The van der Waals surface area contributed by atoms with Gasteiger partial charge in [-0.2, -0.15) is 0 Å². The van der Waals surface area contributed by atoms with Crippen LogP contribution in [0.1, 0.15) is 21.5 Å². The molecule has 0 spiro atoms. The standard InChI is InChI=1S/C18H17N3O4S/c1-26(24,25)20-10-12-6-8-13(9-7-12)19-11-16-14-4-2-3-5-15(14)17(22)21-18(16)23/h2-9,11,19-20H,10H2,1H3,(H,21,22,23)/b16-11-. The Morgan fingerprint density at radius 2 is 1.62 bits per heavy atom. The van der Waals surface area contributed by atoms with Gasteiger partial charge < -0.3 is 5.32 Å². The van der Waals surface area contributed by atoms with Crippen LogP contribution in [0.5, 0.6) is 0 Å². The highest BCUT2D eigenvalue weighted by molar-refractivity contribution is 7.88. The molecule has 0 aromatic heterocycles. The Kier molecular flexibility index (Phi) is 4.88. The van der Waals surface area contributed by atoms with Gasteiger partial charge in [0.2, 0.25) is 10.0 Å². The van der Waals surface area contributed by atoms with Gasteiger partial charge in [-0.1, -0.05) is 30.3 Å². The summed E-state index contributed by atoms with van der Waals surface area (Å²) in [7, 11) is -3.24. The molecule has 7 nitrogen and oxygen atoms in total. The first-order valence-corrected chi connectivity index (χ1v) is 9.68. The zero-order valence-corrected chi connectivity index (χ0v) is 14.8. The second kappa shape index (κ2) is 7.11. The SMILES string of the molecule is CS(=O)(=O)NCc1ccc(N/C=C2\C(=O)NC(=O)c3ccccc32)cc1. The van der Waals surface area contributed by atoms with Crippen LogP contribution < -0.4 is 15.4 Å². The molecule has 3 N–H and O–H groups in total. The second-order valence-corrected chi connectivity index (χ2v) is 7.65. The first kappa shape index (κ1) is 17.8. The van der Waals surface area contributed by atoms with Crippen molar-refractivity contribution in [2.24, 2.45) is 0 Å². The molecule has 134 valence electrons. The van der Waals surface area contributed by atoms with E-state index in [1.165, 1.54) is 0 Å². The van der Waals surface area contributed by atoms with E-state index in [4.69, 9.17) is 0 Å². The van der Waals surface area contributed by atoms with Gasteiger partial charge in [-0.3, -0.25) is 14.9 Å². The van der Waals surface area contributed by atoms with E-state index < -0.39 is 21.8 Å². The molecular formula is C18H17N3O4S. The number of carbonyl (C=O) groups excluding carboxylic acids is 2. The maximum Gasteiger partial charge on any atom is 0.260 e. The lowest BCUT2D eigenvalue weighted by Crippen LogP contribution is -2.36. The van der Waals surface area contributed by atoms with Crippen molar-refractivity contribution in [3.8, 4) is 0 Å². The fourth-order valence-corrected chi connectivity index (χ4v) is 2.94. The van der Waals surface area contributed by atoms with Crippen molar-refractivity contribution in [3.05, 3.63) is 71.4 Å². The summed E-state index contributed by atoms with van der Waals surface area (Å²) >= 11 is 0. The number of fused-ring (bicyclic) bond motifs is 1. The van der Waals surface area contributed by atoms with Crippen LogP contribution >= 0.6 is 0 Å². The lowest BCUT2D eigenvalue weighted by molar-refractivity contribution is -0.114. The second-order valence-electron chi connectivity index (χ2n) is 5.82. The molecule has 0 radical (unpaired) electrons. The summed E-state index contributed by atoms with van der Waals surface area (Å²) in [5.41, 5.74) is 2.91. The minimum atomic E-state index is -3.24. The molecule has 2 aromatic rings. The molecule has 1 aliphatic rings. The van der Waals surface area contributed by atoms with Gasteiger partial charge in [0.1, 0.15) is 0 Å². The van der Waals surface area contributed by atoms with Crippen LogP contribution in [0.2, 0.25) is 0 Å². The third-order valence-corrected chi connectivity index (χ3v) is 4.48. The van der Waals surface area contributed by atoms with Gasteiger partial charge in [0.25, 0.3) is 11.8 Å². The summed E-state index contributed by atoms with van der Waals surface area (Å²) < 4.78 is 24.6. The third-order valence-electron chi connectivity index (χ3n) is 3.81. The van der Waals surface area contributed by atoms with E-state index in [1.807, 2.05) is 0 Å². The van der Waals surface area contributed by atoms with Crippen LogP contribution in [-0.2, 0) is 21.4 Å². The van der Waals surface area contributed by atoms with Crippen molar-refractivity contribution in [1.82, 2.24) is 10.0 Å². The normalized spacial score (nSPS) is 15.5. The zero-order valence-electron chi connectivity index (χ0n) is 13.9. The van der Waals surface area contributed by atoms with Gasteiger partial charge in [-0.05, 0) is 23.8 Å². The van der Waals surface area contributed by atoms with E-state index in [0.29, 0.717) is 16.7 Å². The Morgan fingerprint density at radius 3 is 2.27 bits per heavy atom. The number of sulfonamides is 1. The molecule has 3 rings (SSSR count). The number of amides is 2. The van der Waals surface area contributed by atoms with Crippen molar-refractivity contribution in [3.63, 3.8) is 0 Å². The zero-order chi connectivity index (χ0) is 18.7. The van der Waals surface area contributed by atoms with Crippen molar-refractivity contribution < 1.29 is 18.0 Å². The van der Waals surface area contributed by atoms with E-state index in [2.05, 4.69) is 15.4 Å². The van der Waals surface area contributed by atoms with Gasteiger partial charge in [-0.25, -0.2) is 13.1 Å². The monoisotopic (exact) mass is 371 g/mol. The Balaban J connectivity index is 1.76. The fraction of sp³-hybridized carbons (Fsp3) is 0.111. The molecule has 0 bridgehead atoms. The van der Waals surface area contributed by atoms with E-state index in [1.54, 1.807) is 54.7 Å². The predicted molar refractivity (Wildman–Crippen MR) is 98.6 cm³/mol. The quantitative estimate of drug-likeness (QED) is 0.545. The lowest BCUT2D eigenvalue weighted by Gasteiger charge is -2.18. The number of rotatable bonds is 5. The van der Waals surface area contributed by atoms with E-state index >= 15 is 0 Å². The minimum absolute atomic E-state index is 0.206. The van der Waals surface area contributed by atoms with Crippen LogP contribution in [0.25, 0.3) is 5.57 Å². The van der Waals surface area contributed by atoms with Gasteiger partial charge in [0, 0.05) is 29.6 Å². The summed E-state index contributed by atoms with van der Waals surface area (Å²) in [6, 6.07) is 14.0. The molecule has 26 heavy (non-hydrogen) atoms. The average molecular weight is 371 g/mol. The highest BCUT2D eigenvalue weighted by Gasteiger charge is 2.26. The van der Waals surface area contributed by atoms with Crippen LogP contribution in [0.3, 0.4) is 0 Å². The van der Waals surface area contributed by atoms with Crippen LogP contribution in [-0.4, -0.2) is 26.5 Å². The summed E-state index contributed by atoms with van der Waals surface area (Å²) in [4.78, 5) is 24.0. The number of anilines is 1. The van der Waals surface area contributed by atoms with Crippen LogP contribution in [0.15, 0.2) is 54.7 Å². The first-order valence-electron chi connectivity index (χ1n) is 7.79. The molecule has 0 fully saturated rings. The number of benzene rings is 2. The molecule has 2 amide bonds. The highest BCUT2D eigenvalue weighted by Crippen LogP contribution is 2.24. The molecule has 0 unspecified atom stereocenters. The number of nitrogens with one attached hydrogen (secondary N) is 3. The molecule has 1 heterocycles.